The maximum atomic E-state index is 12.4. The number of nitrogens with one attached hydrogen (secondary N) is 3. The van der Waals surface area contributed by atoms with E-state index in [9.17, 15) is 4.79 Å². The quantitative estimate of drug-likeness (QED) is 0.286. The molecular weight excluding hydrogens is 478 g/mol. The smallest absolute Gasteiger partial charge is 0.224 e. The van der Waals surface area contributed by atoms with Gasteiger partial charge in [0.25, 0.3) is 0 Å². The second kappa shape index (κ2) is 9.15. The number of rotatable bonds is 5. The van der Waals surface area contributed by atoms with Crippen molar-refractivity contribution in [3.05, 3.63) is 67.4 Å². The Morgan fingerprint density at radius 2 is 1.82 bits per heavy atom. The van der Waals surface area contributed by atoms with Gasteiger partial charge >= 0.3 is 0 Å². The van der Waals surface area contributed by atoms with Crippen molar-refractivity contribution in [1.29, 1.82) is 0 Å². The van der Waals surface area contributed by atoms with Crippen molar-refractivity contribution in [3.8, 4) is 34.2 Å². The molecule has 0 fully saturated rings. The number of carbonyl (C=O) groups is 1. The van der Waals surface area contributed by atoms with Crippen LogP contribution in [0.4, 0.5) is 5.69 Å². The third-order valence-electron chi connectivity index (χ3n) is 5.99. The fourth-order valence-corrected chi connectivity index (χ4v) is 4.33. The van der Waals surface area contributed by atoms with E-state index in [1.54, 1.807) is 31.0 Å². The predicted octanol–water partition coefficient (Wildman–Crippen LogP) is 5.39. The summed E-state index contributed by atoms with van der Waals surface area (Å²) < 4.78 is 0. The normalized spacial score (nSPS) is 11.8. The van der Waals surface area contributed by atoms with E-state index in [4.69, 9.17) is 4.98 Å². The molecule has 0 aliphatic rings. The summed E-state index contributed by atoms with van der Waals surface area (Å²) in [5.41, 5.74) is 6.43. The number of carbonyl (C=O) groups excluding carboxylic acids is 1. The van der Waals surface area contributed by atoms with Crippen LogP contribution in [0.2, 0.25) is 0 Å². The first-order chi connectivity index (χ1) is 18.3. The number of pyridine rings is 4. The van der Waals surface area contributed by atoms with Gasteiger partial charge in [-0.1, -0.05) is 26.8 Å². The summed E-state index contributed by atoms with van der Waals surface area (Å²) in [6.45, 7) is 6.09. The SMILES string of the molecule is CC(C)(C)CC(=O)Nc1cncc(-c2cc3c(-c4nc5c(-c6ccccn6)nccc5[nH]4)n[nH]c3cn2)c1. The summed E-state index contributed by atoms with van der Waals surface area (Å²) in [6.07, 6.45) is 8.97. The van der Waals surface area contributed by atoms with Crippen LogP contribution in [0.5, 0.6) is 0 Å². The first-order valence-electron chi connectivity index (χ1n) is 12.2. The zero-order valence-electron chi connectivity index (χ0n) is 21.1. The van der Waals surface area contributed by atoms with Crippen molar-refractivity contribution in [2.75, 3.05) is 5.32 Å². The van der Waals surface area contributed by atoms with Gasteiger partial charge in [0.1, 0.15) is 16.9 Å². The molecule has 6 rings (SSSR count). The van der Waals surface area contributed by atoms with Gasteiger partial charge in [0.05, 0.1) is 40.5 Å². The largest absolute Gasteiger partial charge is 0.336 e. The minimum absolute atomic E-state index is 0.0542. The van der Waals surface area contributed by atoms with Crippen LogP contribution in [0, 0.1) is 5.41 Å². The third-order valence-corrected chi connectivity index (χ3v) is 5.99. The van der Waals surface area contributed by atoms with Crippen LogP contribution >= 0.6 is 0 Å². The molecule has 188 valence electrons. The van der Waals surface area contributed by atoms with Crippen LogP contribution in [0.1, 0.15) is 27.2 Å². The summed E-state index contributed by atoms with van der Waals surface area (Å²) in [7, 11) is 0. The number of nitrogens with zero attached hydrogens (tertiary/aromatic N) is 6. The van der Waals surface area contributed by atoms with Gasteiger partial charge in [-0.05, 0) is 35.7 Å². The van der Waals surface area contributed by atoms with E-state index in [0.29, 0.717) is 35.0 Å². The fourth-order valence-electron chi connectivity index (χ4n) is 4.33. The second-order valence-electron chi connectivity index (χ2n) is 10.3. The topological polar surface area (TPSA) is 138 Å². The highest BCUT2D eigenvalue weighted by Crippen LogP contribution is 2.31. The molecule has 0 saturated carbocycles. The van der Waals surface area contributed by atoms with Crippen molar-refractivity contribution in [1.82, 2.24) is 40.1 Å². The van der Waals surface area contributed by atoms with Crippen molar-refractivity contribution < 1.29 is 4.79 Å². The van der Waals surface area contributed by atoms with E-state index in [2.05, 4.69) is 40.4 Å². The van der Waals surface area contributed by atoms with Crippen LogP contribution in [-0.2, 0) is 4.79 Å². The number of H-pyrrole nitrogens is 2. The Labute approximate surface area is 218 Å². The summed E-state index contributed by atoms with van der Waals surface area (Å²) in [5, 5.41) is 11.4. The number of amides is 1. The number of hydrogen-bond acceptors (Lipinski definition) is 7. The fraction of sp³-hybridized carbons (Fsp3) is 0.179. The Morgan fingerprint density at radius 3 is 2.63 bits per heavy atom. The Bertz CT molecular complexity index is 1780. The number of anilines is 1. The molecule has 0 aromatic carbocycles. The monoisotopic (exact) mass is 503 g/mol. The number of aromatic nitrogens is 8. The van der Waals surface area contributed by atoms with Crippen molar-refractivity contribution in [3.63, 3.8) is 0 Å². The van der Waals surface area contributed by atoms with Crippen LogP contribution < -0.4 is 5.32 Å². The molecule has 0 unspecified atom stereocenters. The Balaban J connectivity index is 1.36. The third kappa shape index (κ3) is 4.59. The van der Waals surface area contributed by atoms with Crippen LogP contribution in [0.25, 0.3) is 56.1 Å². The average molecular weight is 504 g/mol. The van der Waals surface area contributed by atoms with Crippen LogP contribution in [0.15, 0.2) is 67.4 Å². The summed E-state index contributed by atoms with van der Waals surface area (Å²) >= 11 is 0. The first kappa shape index (κ1) is 23.4. The number of imidazole rings is 1. The Morgan fingerprint density at radius 1 is 0.921 bits per heavy atom. The number of hydrogen-bond donors (Lipinski definition) is 3. The minimum atomic E-state index is -0.107. The number of aromatic amines is 2. The zero-order chi connectivity index (χ0) is 26.3. The molecule has 0 aliphatic heterocycles. The van der Waals surface area contributed by atoms with E-state index in [-0.39, 0.29) is 11.3 Å². The molecule has 10 heteroatoms. The van der Waals surface area contributed by atoms with Gasteiger partial charge in [-0.2, -0.15) is 5.10 Å². The molecule has 6 aromatic heterocycles. The summed E-state index contributed by atoms with van der Waals surface area (Å²) in [5.74, 6) is 0.552. The standard InChI is InChI=1S/C28H25N9O/c1-28(2,3)12-23(38)33-17-10-16(13-29-14-17)21-11-18-22(15-32-21)36-37-24(18)27-34-20-7-9-31-25(26(20)35-27)19-6-4-5-8-30-19/h4-11,13-15H,12H2,1-3H3,(H,33,38)(H,34,35)(H,36,37). The van der Waals surface area contributed by atoms with E-state index in [1.807, 2.05) is 57.2 Å². The van der Waals surface area contributed by atoms with E-state index < -0.39 is 0 Å². The molecule has 0 atom stereocenters. The van der Waals surface area contributed by atoms with Gasteiger partial charge < -0.3 is 10.3 Å². The molecule has 0 bridgehead atoms. The Hall–Kier alpha value is -4.99. The lowest BCUT2D eigenvalue weighted by Crippen LogP contribution is -2.19. The summed E-state index contributed by atoms with van der Waals surface area (Å²) in [6, 6.07) is 11.4. The maximum Gasteiger partial charge on any atom is 0.224 e. The van der Waals surface area contributed by atoms with Crippen molar-refractivity contribution >= 4 is 33.5 Å². The predicted molar refractivity (Wildman–Crippen MR) is 146 cm³/mol. The molecule has 38 heavy (non-hydrogen) atoms. The van der Waals surface area contributed by atoms with E-state index >= 15 is 0 Å². The molecule has 0 radical (unpaired) electrons. The first-order valence-corrected chi connectivity index (χ1v) is 12.2. The average Bonchev–Trinajstić information content (AvgIpc) is 3.51. The van der Waals surface area contributed by atoms with Crippen molar-refractivity contribution in [2.45, 2.75) is 27.2 Å². The van der Waals surface area contributed by atoms with Gasteiger partial charge in [-0.15, -0.1) is 0 Å². The molecule has 0 saturated heterocycles. The van der Waals surface area contributed by atoms with E-state index in [0.717, 1.165) is 33.2 Å². The Kier molecular flexibility index (Phi) is 5.64. The van der Waals surface area contributed by atoms with Gasteiger partial charge in [0.2, 0.25) is 5.91 Å². The maximum absolute atomic E-state index is 12.4. The zero-order valence-corrected chi connectivity index (χ0v) is 21.1. The summed E-state index contributed by atoms with van der Waals surface area (Å²) in [4.78, 5) is 38.5. The van der Waals surface area contributed by atoms with Gasteiger partial charge in [-0.3, -0.25) is 29.8 Å². The molecule has 6 aromatic rings. The highest BCUT2D eigenvalue weighted by molar-refractivity contribution is 5.97. The van der Waals surface area contributed by atoms with Crippen LogP contribution in [0.3, 0.4) is 0 Å². The highest BCUT2D eigenvalue weighted by Gasteiger charge is 2.18. The number of fused-ring (bicyclic) bond motifs is 2. The molecule has 10 nitrogen and oxygen atoms in total. The van der Waals surface area contributed by atoms with Crippen molar-refractivity contribution in [2.24, 2.45) is 5.41 Å². The van der Waals surface area contributed by atoms with Gasteiger partial charge in [-0.25, -0.2) is 4.98 Å². The van der Waals surface area contributed by atoms with Crippen LogP contribution in [-0.4, -0.2) is 46.0 Å². The highest BCUT2D eigenvalue weighted by atomic mass is 16.1. The second-order valence-corrected chi connectivity index (χ2v) is 10.3. The lowest BCUT2D eigenvalue weighted by atomic mass is 9.92. The molecule has 0 aliphatic carbocycles. The van der Waals surface area contributed by atoms with E-state index in [1.165, 1.54) is 0 Å². The molecular formula is C28H25N9O. The van der Waals surface area contributed by atoms with Gasteiger partial charge in [0, 0.05) is 36.0 Å². The molecule has 6 heterocycles. The molecule has 1 amide bonds. The minimum Gasteiger partial charge on any atom is -0.336 e. The lowest BCUT2D eigenvalue weighted by molar-refractivity contribution is -0.117. The lowest BCUT2D eigenvalue weighted by Gasteiger charge is -2.17. The molecule has 3 N–H and O–H groups in total. The molecule has 0 spiro atoms. The van der Waals surface area contributed by atoms with Gasteiger partial charge in [0.15, 0.2) is 5.82 Å².